The Kier molecular flexibility index (Phi) is 3.97. The fourth-order valence-corrected chi connectivity index (χ4v) is 3.34. The van der Waals surface area contributed by atoms with Crippen molar-refractivity contribution in [2.24, 2.45) is 0 Å². The SMILES string of the molecule is Fc1ccc(Br)cc1[C@H]1C=C(c2ccc(Br)cc2)Nc2ncnn21. The average Bonchev–Trinajstić information content (AvgIpc) is 3.05. The number of anilines is 1. The predicted molar refractivity (Wildman–Crippen MR) is 98.0 cm³/mol. The minimum atomic E-state index is -0.375. The Morgan fingerprint density at radius 3 is 2.58 bits per heavy atom. The normalized spacial score (nSPS) is 16.3. The number of benzene rings is 2. The summed E-state index contributed by atoms with van der Waals surface area (Å²) in [5, 5.41) is 7.48. The van der Waals surface area contributed by atoms with Gasteiger partial charge in [-0.15, -0.1) is 0 Å². The lowest BCUT2D eigenvalue weighted by Gasteiger charge is -2.24. The number of rotatable bonds is 2. The van der Waals surface area contributed by atoms with Gasteiger partial charge in [0.1, 0.15) is 18.2 Å². The third-order valence-corrected chi connectivity index (χ3v) is 4.86. The number of fused-ring (bicyclic) bond motifs is 1. The highest BCUT2D eigenvalue weighted by Gasteiger charge is 2.25. The quantitative estimate of drug-likeness (QED) is 0.598. The number of hydrogen-bond acceptors (Lipinski definition) is 3. The maximum atomic E-state index is 14.4. The number of nitrogens with one attached hydrogen (secondary N) is 1. The first-order valence-electron chi connectivity index (χ1n) is 7.21. The van der Waals surface area contributed by atoms with Gasteiger partial charge in [-0.3, -0.25) is 0 Å². The van der Waals surface area contributed by atoms with Crippen LogP contribution in [0.4, 0.5) is 10.3 Å². The number of aromatic nitrogens is 3. The first kappa shape index (κ1) is 15.5. The Bertz CT molecular complexity index is 934. The average molecular weight is 450 g/mol. The minimum Gasteiger partial charge on any atom is -0.324 e. The highest BCUT2D eigenvalue weighted by molar-refractivity contribution is 9.10. The number of halogens is 3. The van der Waals surface area contributed by atoms with E-state index in [1.165, 1.54) is 12.4 Å². The third-order valence-electron chi connectivity index (χ3n) is 3.84. The molecule has 0 aliphatic carbocycles. The van der Waals surface area contributed by atoms with Crippen LogP contribution in [-0.2, 0) is 0 Å². The summed E-state index contributed by atoms with van der Waals surface area (Å²) < 4.78 is 17.9. The fourth-order valence-electron chi connectivity index (χ4n) is 2.69. The summed E-state index contributed by atoms with van der Waals surface area (Å²) in [6, 6.07) is 12.4. The van der Waals surface area contributed by atoms with Crippen LogP contribution in [0.5, 0.6) is 0 Å². The van der Waals surface area contributed by atoms with Gasteiger partial charge in [0.25, 0.3) is 0 Å². The smallest absolute Gasteiger partial charge is 0.226 e. The van der Waals surface area contributed by atoms with Crippen LogP contribution in [0.15, 0.2) is 63.8 Å². The van der Waals surface area contributed by atoms with Gasteiger partial charge in [-0.25, -0.2) is 9.07 Å². The molecular weight excluding hydrogens is 439 g/mol. The molecule has 24 heavy (non-hydrogen) atoms. The maximum Gasteiger partial charge on any atom is 0.226 e. The summed E-state index contributed by atoms with van der Waals surface area (Å²) >= 11 is 6.84. The first-order chi connectivity index (χ1) is 11.6. The molecule has 7 heteroatoms. The molecule has 1 aliphatic rings. The van der Waals surface area contributed by atoms with E-state index in [1.54, 1.807) is 16.8 Å². The van der Waals surface area contributed by atoms with E-state index < -0.39 is 0 Å². The number of allylic oxidation sites excluding steroid dienone is 1. The zero-order chi connectivity index (χ0) is 16.7. The molecule has 120 valence electrons. The van der Waals surface area contributed by atoms with E-state index in [2.05, 4.69) is 47.3 Å². The molecule has 1 N–H and O–H groups in total. The van der Waals surface area contributed by atoms with Crippen molar-refractivity contribution in [3.63, 3.8) is 0 Å². The number of hydrogen-bond donors (Lipinski definition) is 1. The fraction of sp³-hybridized carbons (Fsp3) is 0.0588. The highest BCUT2D eigenvalue weighted by Crippen LogP contribution is 2.34. The van der Waals surface area contributed by atoms with Crippen molar-refractivity contribution < 1.29 is 4.39 Å². The molecule has 1 atom stereocenters. The van der Waals surface area contributed by atoms with E-state index in [0.717, 1.165) is 20.2 Å². The van der Waals surface area contributed by atoms with Crippen LogP contribution in [0.2, 0.25) is 0 Å². The Morgan fingerprint density at radius 2 is 1.79 bits per heavy atom. The lowest BCUT2D eigenvalue weighted by atomic mass is 10.0. The molecule has 0 amide bonds. The molecule has 3 aromatic rings. The summed E-state index contributed by atoms with van der Waals surface area (Å²) in [5.41, 5.74) is 2.40. The van der Waals surface area contributed by atoms with E-state index in [4.69, 9.17) is 0 Å². The molecule has 0 unspecified atom stereocenters. The second-order valence-electron chi connectivity index (χ2n) is 5.35. The molecule has 4 rings (SSSR count). The third kappa shape index (κ3) is 2.78. The van der Waals surface area contributed by atoms with Gasteiger partial charge in [0, 0.05) is 20.2 Å². The second kappa shape index (κ2) is 6.14. The standard InChI is InChI=1S/C17H11Br2FN4/c18-11-3-1-10(2-4-11)15-8-16(24-17(23-15)21-9-22-24)13-7-12(19)5-6-14(13)20/h1-9,16H,(H,21,22,23)/t16-/m1/s1. The zero-order valence-corrected chi connectivity index (χ0v) is 15.4. The minimum absolute atomic E-state index is 0.280. The van der Waals surface area contributed by atoms with Crippen LogP contribution in [0.1, 0.15) is 17.2 Å². The van der Waals surface area contributed by atoms with Crippen molar-refractivity contribution in [1.82, 2.24) is 14.8 Å². The Balaban J connectivity index is 1.85. The second-order valence-corrected chi connectivity index (χ2v) is 7.18. The molecule has 1 aromatic heterocycles. The van der Waals surface area contributed by atoms with Gasteiger partial charge >= 0.3 is 0 Å². The zero-order valence-electron chi connectivity index (χ0n) is 12.2. The van der Waals surface area contributed by atoms with Gasteiger partial charge in [0.15, 0.2) is 0 Å². The molecule has 4 nitrogen and oxygen atoms in total. The van der Waals surface area contributed by atoms with Gasteiger partial charge in [0.2, 0.25) is 5.95 Å². The lowest BCUT2D eigenvalue weighted by Crippen LogP contribution is -2.21. The maximum absolute atomic E-state index is 14.4. The summed E-state index contributed by atoms with van der Waals surface area (Å²) in [4.78, 5) is 4.23. The lowest BCUT2D eigenvalue weighted by molar-refractivity contribution is 0.551. The molecular formula is C17H11Br2FN4. The van der Waals surface area contributed by atoms with Crippen molar-refractivity contribution in [3.05, 3.63) is 80.8 Å². The molecule has 1 aliphatic heterocycles. The van der Waals surface area contributed by atoms with E-state index in [0.29, 0.717) is 11.5 Å². The molecule has 0 saturated heterocycles. The molecule has 0 radical (unpaired) electrons. The molecule has 0 saturated carbocycles. The number of nitrogens with zero attached hydrogens (tertiary/aromatic N) is 3. The van der Waals surface area contributed by atoms with E-state index in [-0.39, 0.29) is 11.9 Å². The van der Waals surface area contributed by atoms with Crippen molar-refractivity contribution in [3.8, 4) is 0 Å². The topological polar surface area (TPSA) is 42.7 Å². The largest absolute Gasteiger partial charge is 0.324 e. The Morgan fingerprint density at radius 1 is 1.04 bits per heavy atom. The van der Waals surface area contributed by atoms with Gasteiger partial charge in [0.05, 0.1) is 0 Å². The van der Waals surface area contributed by atoms with Gasteiger partial charge in [-0.1, -0.05) is 44.0 Å². The Hall–Kier alpha value is -1.99. The molecule has 0 fully saturated rings. The van der Waals surface area contributed by atoms with Crippen molar-refractivity contribution in [1.29, 1.82) is 0 Å². The summed E-state index contributed by atoms with van der Waals surface area (Å²) in [5.74, 6) is 0.303. The van der Waals surface area contributed by atoms with Crippen molar-refractivity contribution in [2.75, 3.05) is 5.32 Å². The summed E-state index contributed by atoms with van der Waals surface area (Å²) in [6.45, 7) is 0. The molecule has 2 aromatic carbocycles. The van der Waals surface area contributed by atoms with Crippen LogP contribution >= 0.6 is 31.9 Å². The summed E-state index contributed by atoms with van der Waals surface area (Å²) in [6.07, 6.45) is 3.42. The molecule has 0 bridgehead atoms. The van der Waals surface area contributed by atoms with Crippen LogP contribution < -0.4 is 5.32 Å². The highest BCUT2D eigenvalue weighted by atomic mass is 79.9. The van der Waals surface area contributed by atoms with Crippen molar-refractivity contribution >= 4 is 43.5 Å². The van der Waals surface area contributed by atoms with E-state index in [9.17, 15) is 4.39 Å². The van der Waals surface area contributed by atoms with E-state index >= 15 is 0 Å². The Labute approximate surface area is 154 Å². The van der Waals surface area contributed by atoms with Crippen molar-refractivity contribution in [2.45, 2.75) is 6.04 Å². The van der Waals surface area contributed by atoms with Gasteiger partial charge in [-0.2, -0.15) is 10.1 Å². The first-order valence-corrected chi connectivity index (χ1v) is 8.79. The molecule has 0 spiro atoms. The van der Waals surface area contributed by atoms with E-state index in [1.807, 2.05) is 30.3 Å². The van der Waals surface area contributed by atoms with Crippen LogP contribution in [0.3, 0.4) is 0 Å². The predicted octanol–water partition coefficient (Wildman–Crippen LogP) is 5.00. The van der Waals surface area contributed by atoms with Crippen LogP contribution in [0.25, 0.3) is 5.70 Å². The van der Waals surface area contributed by atoms with Crippen LogP contribution in [0, 0.1) is 5.82 Å². The van der Waals surface area contributed by atoms with Crippen LogP contribution in [-0.4, -0.2) is 14.8 Å². The summed E-state index contributed by atoms with van der Waals surface area (Å²) in [7, 11) is 0. The monoisotopic (exact) mass is 448 g/mol. The molecule has 2 heterocycles. The van der Waals surface area contributed by atoms with Gasteiger partial charge in [-0.05, 0) is 42.0 Å². The van der Waals surface area contributed by atoms with Gasteiger partial charge < -0.3 is 5.32 Å².